The van der Waals surface area contributed by atoms with Gasteiger partial charge in [-0.25, -0.2) is 9.37 Å². The number of ether oxygens (including phenoxy) is 2. The normalized spacial score (nSPS) is 21.9. The zero-order valence-electron chi connectivity index (χ0n) is 45.7. The minimum atomic E-state index is -4.54. The third kappa shape index (κ3) is 12.3. The number of amides is 3. The molecule has 3 aromatic heterocycles. The van der Waals surface area contributed by atoms with Gasteiger partial charge in [0.1, 0.15) is 41.5 Å². The van der Waals surface area contributed by atoms with Crippen molar-refractivity contribution in [3.05, 3.63) is 88.9 Å². The van der Waals surface area contributed by atoms with E-state index < -0.39 is 77.9 Å². The number of phenols is 1. The Morgan fingerprint density at radius 1 is 0.988 bits per heavy atom. The van der Waals surface area contributed by atoms with E-state index >= 15 is 4.39 Å². The van der Waals surface area contributed by atoms with E-state index in [2.05, 4.69) is 36.8 Å². The molecule has 4 fully saturated rings. The van der Waals surface area contributed by atoms with Crippen LogP contribution in [-0.4, -0.2) is 153 Å². The number of anilines is 1. The first-order chi connectivity index (χ1) is 38.6. The van der Waals surface area contributed by atoms with Crippen LogP contribution in [0.4, 0.5) is 23.4 Å². The number of pyridine rings is 1. The van der Waals surface area contributed by atoms with E-state index in [4.69, 9.17) is 20.9 Å². The molecule has 0 aliphatic carbocycles. The van der Waals surface area contributed by atoms with Crippen LogP contribution >= 0.6 is 11.3 Å². The third-order valence-electron chi connectivity index (χ3n) is 16.0. The second-order valence-electron chi connectivity index (χ2n) is 22.7. The van der Waals surface area contributed by atoms with Crippen LogP contribution in [-0.2, 0) is 19.1 Å². The number of phenolic OH excluding ortho intramolecular Hbond substituents is 1. The number of aryl methyl sites for hydroxylation is 1. The molecular weight excluding hydrogens is 1070 g/mol. The quantitative estimate of drug-likeness (QED) is 0.0322. The summed E-state index contributed by atoms with van der Waals surface area (Å²) in [4.78, 5) is 65.5. The van der Waals surface area contributed by atoms with Gasteiger partial charge in [-0.3, -0.25) is 24.3 Å². The number of β-amino-alcohol motifs (C(OH)–C–C–N with tert-alkyl or cyclic N) is 1. The summed E-state index contributed by atoms with van der Waals surface area (Å²) in [5.41, 5.74) is 4.20. The number of hydrogen-bond acceptors (Lipinski definition) is 15. The molecule has 8 atom stereocenters. The van der Waals surface area contributed by atoms with Gasteiger partial charge < -0.3 is 45.4 Å². The molecular formula is C59H66F4N10O7S. The molecule has 4 aliphatic rings. The molecule has 17 nitrogen and oxygen atoms in total. The maximum absolute atomic E-state index is 17.1. The number of halogens is 4. The monoisotopic (exact) mass is 1130 g/mol. The lowest BCUT2D eigenvalue weighted by atomic mass is 9.85. The lowest BCUT2D eigenvalue weighted by Gasteiger charge is -2.48. The first-order valence-corrected chi connectivity index (χ1v) is 28.2. The Hall–Kier alpha value is -7.03. The average molecular weight is 1140 g/mol. The van der Waals surface area contributed by atoms with Crippen molar-refractivity contribution in [2.45, 2.75) is 115 Å². The number of piperazine rings is 1. The first-order valence-electron chi connectivity index (χ1n) is 27.3. The van der Waals surface area contributed by atoms with Gasteiger partial charge in [0.15, 0.2) is 5.82 Å². The van der Waals surface area contributed by atoms with Crippen molar-refractivity contribution in [2.24, 2.45) is 11.3 Å². The summed E-state index contributed by atoms with van der Waals surface area (Å²) in [6.07, 6.45) is 3.92. The number of likely N-dealkylation sites (tertiary alicyclic amines) is 2. The Labute approximate surface area is 470 Å². The van der Waals surface area contributed by atoms with Crippen molar-refractivity contribution in [2.75, 3.05) is 57.4 Å². The van der Waals surface area contributed by atoms with E-state index in [0.29, 0.717) is 41.7 Å². The second-order valence-corrected chi connectivity index (χ2v) is 23.6. The smallest absolute Gasteiger partial charge is 0.394 e. The molecule has 22 heteroatoms. The number of nitrogens with zero attached hydrogens (tertiary/aromatic N) is 7. The second kappa shape index (κ2) is 23.4. The van der Waals surface area contributed by atoms with Gasteiger partial charge in [0.2, 0.25) is 17.7 Å². The number of aliphatic hydroxyl groups excluding tert-OH is 1. The fourth-order valence-electron chi connectivity index (χ4n) is 11.7. The van der Waals surface area contributed by atoms with E-state index in [1.807, 2.05) is 43.0 Å². The van der Waals surface area contributed by atoms with Gasteiger partial charge in [-0.15, -0.1) is 17.8 Å². The number of hydrogen-bond donors (Lipinski definition) is 5. The Morgan fingerprint density at radius 3 is 2.43 bits per heavy atom. The molecule has 3 aromatic carbocycles. The zero-order chi connectivity index (χ0) is 57.5. The van der Waals surface area contributed by atoms with E-state index in [9.17, 15) is 37.8 Å². The van der Waals surface area contributed by atoms with Crippen LogP contribution < -0.4 is 25.6 Å². The van der Waals surface area contributed by atoms with Crippen molar-refractivity contribution < 1.29 is 51.6 Å². The predicted octanol–water partition coefficient (Wildman–Crippen LogP) is 7.45. The molecule has 0 spiro atoms. The molecule has 81 heavy (non-hydrogen) atoms. The maximum Gasteiger partial charge on any atom is 0.394 e. The van der Waals surface area contributed by atoms with Crippen molar-refractivity contribution in [1.82, 2.24) is 45.7 Å². The highest BCUT2D eigenvalue weighted by molar-refractivity contribution is 7.13. The Kier molecular flexibility index (Phi) is 16.6. The lowest BCUT2D eigenvalue weighted by Crippen LogP contribution is -2.63. The highest BCUT2D eigenvalue weighted by atomic mass is 32.1. The van der Waals surface area contributed by atoms with Crippen LogP contribution in [0.15, 0.2) is 66.3 Å². The van der Waals surface area contributed by atoms with Crippen molar-refractivity contribution in [3.8, 4) is 45.8 Å². The van der Waals surface area contributed by atoms with E-state index in [0.717, 1.165) is 34.5 Å². The van der Waals surface area contributed by atoms with Crippen LogP contribution in [0.2, 0.25) is 0 Å². The number of rotatable bonds is 18. The average Bonchev–Trinajstić information content (AvgIpc) is 4.31. The summed E-state index contributed by atoms with van der Waals surface area (Å²) in [6, 6.07) is 12.3. The highest BCUT2D eigenvalue weighted by Gasteiger charge is 2.54. The van der Waals surface area contributed by atoms with Gasteiger partial charge in [-0.1, -0.05) is 63.1 Å². The van der Waals surface area contributed by atoms with Gasteiger partial charge in [-0.2, -0.15) is 23.1 Å². The molecule has 5 N–H and O–H groups in total. The maximum atomic E-state index is 17.1. The number of carbonyl (C=O) groups is 3. The minimum absolute atomic E-state index is 0.0309. The summed E-state index contributed by atoms with van der Waals surface area (Å²) in [6.45, 7) is 9.70. The number of carbonyl (C=O) groups excluding carboxylic acids is 3. The van der Waals surface area contributed by atoms with E-state index in [-0.39, 0.29) is 91.7 Å². The topological polar surface area (TPSA) is 208 Å². The zero-order valence-corrected chi connectivity index (χ0v) is 46.5. The molecule has 7 heterocycles. The molecule has 4 saturated heterocycles. The van der Waals surface area contributed by atoms with Crippen LogP contribution in [0.5, 0.6) is 11.8 Å². The Morgan fingerprint density at radius 2 is 1.74 bits per heavy atom. The number of aromatic nitrogens is 4. The first kappa shape index (κ1) is 57.2. The Bertz CT molecular complexity index is 3360. The van der Waals surface area contributed by atoms with Gasteiger partial charge >= 0.3 is 12.2 Å². The van der Waals surface area contributed by atoms with Crippen LogP contribution in [0.1, 0.15) is 82.7 Å². The summed E-state index contributed by atoms with van der Waals surface area (Å²) in [5.74, 6) is -1.16. The van der Waals surface area contributed by atoms with E-state index in [1.54, 1.807) is 60.7 Å². The largest absolute Gasteiger partial charge is 0.508 e. The Balaban J connectivity index is 0.754. The number of nitrogens with one attached hydrogen (secondary N) is 3. The number of fused-ring (bicyclic) bond motifs is 4. The van der Waals surface area contributed by atoms with Crippen molar-refractivity contribution >= 4 is 56.6 Å². The molecule has 0 radical (unpaired) electrons. The number of aromatic hydroxyl groups is 1. The molecule has 428 valence electrons. The lowest BCUT2D eigenvalue weighted by molar-refractivity contribution is -0.234. The number of alkyl halides is 3. The van der Waals surface area contributed by atoms with E-state index in [1.165, 1.54) is 23.2 Å². The molecule has 0 saturated carbocycles. The fraction of sp³-hybridized carbons (Fsp3) is 0.475. The SMILES string of the molecule is C#Cc1cccc2cc(O)cc(-c3ncc4c(N5CC6CCC(C5)N6)nc(OC[C@@H]5[C@H](C(F)(F)F)CN5CCCOCCC(=O)N[C@H](C(=O)N5C[C@H](O)C[C@H]5C(=O)N[C@@H](C)c5ccc(-c6scnc6C)cc5)C(C)(C)C)nc4c3F)c12. The van der Waals surface area contributed by atoms with Gasteiger partial charge in [0.25, 0.3) is 0 Å². The standard InChI is InChI=1S/C59H66F4N10O7S/c1-7-34-10-8-11-37-22-40(74)23-42(48(34)37)50-49(60)51-43(25-64-50)54(72-26-38-16-17-39(27-72)67-38)70-57(69-51)80-30-46-44(59(61,62)63)29-71(46)19-9-20-79-21-18-47(76)68-53(58(4,5)6)56(78)73-28-41(75)24-45(73)55(77)66-32(2)35-12-14-36(15-13-35)52-33(3)65-31-81-52/h1,8,10-15,22-23,25,31-32,38-39,41,44-46,53,67,74-75H,9,16-21,24,26-30H2,2-6H3,(H,66,77)(H,68,76)/t32-,38?,39?,41+,44+,45-,46+,53+/m0/s1. The number of aliphatic hydroxyl groups is 1. The number of thiazole rings is 1. The van der Waals surface area contributed by atoms with Gasteiger partial charge in [0, 0.05) is 87.0 Å². The number of terminal acetylenes is 1. The van der Waals surface area contributed by atoms with Crippen LogP contribution in [0.3, 0.4) is 0 Å². The predicted molar refractivity (Wildman–Crippen MR) is 299 cm³/mol. The summed E-state index contributed by atoms with van der Waals surface area (Å²) in [5, 5.41) is 32.2. The minimum Gasteiger partial charge on any atom is -0.508 e. The molecule has 3 amide bonds. The molecule has 10 rings (SSSR count). The molecule has 4 aliphatic heterocycles. The van der Waals surface area contributed by atoms with Crippen molar-refractivity contribution in [3.63, 3.8) is 0 Å². The fourth-order valence-corrected chi connectivity index (χ4v) is 12.5. The van der Waals surface area contributed by atoms with Crippen LogP contribution in [0.25, 0.3) is 43.4 Å². The van der Waals surface area contributed by atoms with Crippen molar-refractivity contribution in [1.29, 1.82) is 0 Å². The third-order valence-corrected chi connectivity index (χ3v) is 16.9. The number of benzene rings is 3. The van der Waals surface area contributed by atoms with Crippen LogP contribution in [0, 0.1) is 36.4 Å². The molecule has 2 bridgehead atoms. The highest BCUT2D eigenvalue weighted by Crippen LogP contribution is 2.42. The molecule has 6 aromatic rings. The summed E-state index contributed by atoms with van der Waals surface area (Å²) in [7, 11) is 0. The van der Waals surface area contributed by atoms with Gasteiger partial charge in [0.05, 0.1) is 52.2 Å². The molecule has 2 unspecified atom stereocenters. The summed E-state index contributed by atoms with van der Waals surface area (Å²) < 4.78 is 72.4. The summed E-state index contributed by atoms with van der Waals surface area (Å²) >= 11 is 1.55. The van der Waals surface area contributed by atoms with Gasteiger partial charge in [-0.05, 0) is 73.2 Å².